The van der Waals surface area contributed by atoms with Crippen LogP contribution in [0.5, 0.6) is 0 Å². The van der Waals surface area contributed by atoms with E-state index in [-0.39, 0.29) is 18.6 Å². The van der Waals surface area contributed by atoms with Crippen LogP contribution in [0.25, 0.3) is 0 Å². The highest BCUT2D eigenvalue weighted by Gasteiger charge is 2.27. The monoisotopic (exact) mass is 268 g/mol. The zero-order valence-corrected chi connectivity index (χ0v) is 12.4. The van der Waals surface area contributed by atoms with Gasteiger partial charge in [0.1, 0.15) is 13.2 Å². The lowest BCUT2D eigenvalue weighted by Crippen LogP contribution is -2.31. The third-order valence-corrected chi connectivity index (χ3v) is 2.65. The van der Waals surface area contributed by atoms with Crippen molar-refractivity contribution in [3.63, 3.8) is 0 Å². The zero-order chi connectivity index (χ0) is 15.1. The van der Waals surface area contributed by atoms with Gasteiger partial charge in [0.05, 0.1) is 0 Å². The molecule has 0 saturated carbocycles. The first-order valence-corrected chi connectivity index (χ1v) is 6.37. The number of rotatable bonds is 8. The van der Waals surface area contributed by atoms with Crippen LogP contribution >= 0.6 is 0 Å². The van der Waals surface area contributed by atoms with E-state index in [1.165, 1.54) is 0 Å². The Morgan fingerprint density at radius 2 is 1.37 bits per heavy atom. The van der Waals surface area contributed by atoms with E-state index in [2.05, 4.69) is 13.2 Å². The summed E-state index contributed by atoms with van der Waals surface area (Å²) < 4.78 is 10.3. The molecule has 0 aliphatic carbocycles. The number of hydrogen-bond donors (Lipinski definition) is 0. The molecule has 0 heterocycles. The molecule has 0 aromatic heterocycles. The molecule has 0 amide bonds. The normalized spacial score (nSPS) is 10.7. The maximum absolute atomic E-state index is 11.4. The molecule has 19 heavy (non-hydrogen) atoms. The van der Waals surface area contributed by atoms with E-state index in [4.69, 9.17) is 9.47 Å². The average molecular weight is 268 g/mol. The Balaban J connectivity index is 4.49. The summed E-state index contributed by atoms with van der Waals surface area (Å²) >= 11 is 0. The Morgan fingerprint density at radius 1 is 1.00 bits per heavy atom. The molecule has 0 fully saturated rings. The van der Waals surface area contributed by atoms with Crippen molar-refractivity contribution in [2.24, 2.45) is 5.41 Å². The molecule has 0 spiro atoms. The maximum Gasteiger partial charge on any atom is 0.333 e. The first-order chi connectivity index (χ1) is 8.72. The molecule has 0 aromatic rings. The highest BCUT2D eigenvalue weighted by molar-refractivity contribution is 5.87. The van der Waals surface area contributed by atoms with Crippen molar-refractivity contribution < 1.29 is 19.1 Å². The second-order valence-corrected chi connectivity index (χ2v) is 5.27. The summed E-state index contributed by atoms with van der Waals surface area (Å²) in [7, 11) is 0. The maximum atomic E-state index is 11.4. The van der Waals surface area contributed by atoms with Crippen molar-refractivity contribution in [2.75, 3.05) is 13.2 Å². The van der Waals surface area contributed by atoms with Gasteiger partial charge in [0.2, 0.25) is 0 Å². The van der Waals surface area contributed by atoms with Gasteiger partial charge in [-0.15, -0.1) is 0 Å². The number of carbonyl (C=O) groups is 2. The highest BCUT2D eigenvalue weighted by Crippen LogP contribution is 2.25. The van der Waals surface area contributed by atoms with Crippen LogP contribution in [-0.4, -0.2) is 25.2 Å². The van der Waals surface area contributed by atoms with E-state index < -0.39 is 11.9 Å². The van der Waals surface area contributed by atoms with Gasteiger partial charge in [-0.05, 0) is 20.3 Å². The highest BCUT2D eigenvalue weighted by atomic mass is 16.5. The number of esters is 2. The molecule has 0 aliphatic rings. The SMILES string of the molecule is C=C(C)C(=O)OCC(C)(CCC)COC(=O)C(=C)C. The topological polar surface area (TPSA) is 52.6 Å². The van der Waals surface area contributed by atoms with Crippen LogP contribution in [0.15, 0.2) is 24.3 Å². The molecule has 108 valence electrons. The standard InChI is InChI=1S/C15H24O4/c1-7-8-15(6,9-18-13(16)11(2)3)10-19-14(17)12(4)5/h2,4,7-10H2,1,3,5-6H3. The Hall–Kier alpha value is -1.58. The fraction of sp³-hybridized carbons (Fsp3) is 0.600. The molecule has 4 nitrogen and oxygen atoms in total. The van der Waals surface area contributed by atoms with Gasteiger partial charge in [0.15, 0.2) is 0 Å². The molecule has 0 unspecified atom stereocenters. The summed E-state index contributed by atoms with van der Waals surface area (Å²) in [6, 6.07) is 0. The summed E-state index contributed by atoms with van der Waals surface area (Å²) in [6.07, 6.45) is 1.70. The van der Waals surface area contributed by atoms with E-state index in [1.54, 1.807) is 13.8 Å². The van der Waals surface area contributed by atoms with Gasteiger partial charge in [-0.2, -0.15) is 0 Å². The fourth-order valence-electron chi connectivity index (χ4n) is 1.52. The molecule has 0 aliphatic heterocycles. The lowest BCUT2D eigenvalue weighted by molar-refractivity contribution is -0.148. The summed E-state index contributed by atoms with van der Waals surface area (Å²) in [5.74, 6) is -0.845. The van der Waals surface area contributed by atoms with Gasteiger partial charge < -0.3 is 9.47 Å². The number of hydrogen-bond acceptors (Lipinski definition) is 4. The van der Waals surface area contributed by atoms with Crippen molar-refractivity contribution in [2.45, 2.75) is 40.5 Å². The quantitative estimate of drug-likeness (QED) is 0.501. The summed E-state index contributed by atoms with van der Waals surface area (Å²) in [5.41, 5.74) is 0.334. The average Bonchev–Trinajstić information content (AvgIpc) is 2.33. The zero-order valence-electron chi connectivity index (χ0n) is 12.4. The number of carbonyl (C=O) groups excluding carboxylic acids is 2. The molecule has 0 radical (unpaired) electrons. The fourth-order valence-corrected chi connectivity index (χ4v) is 1.52. The Bertz CT molecular complexity index is 338. The van der Waals surface area contributed by atoms with Gasteiger partial charge in [-0.25, -0.2) is 9.59 Å². The molecule has 0 aromatic carbocycles. The minimum absolute atomic E-state index is 0.204. The van der Waals surface area contributed by atoms with Crippen LogP contribution in [0.2, 0.25) is 0 Å². The first-order valence-electron chi connectivity index (χ1n) is 6.37. The van der Waals surface area contributed by atoms with Gasteiger partial charge in [-0.1, -0.05) is 33.4 Å². The molecular weight excluding hydrogens is 244 g/mol. The molecule has 0 atom stereocenters. The summed E-state index contributed by atoms with van der Waals surface area (Å²) in [4.78, 5) is 22.8. The molecule has 0 saturated heterocycles. The Morgan fingerprint density at radius 3 is 1.63 bits per heavy atom. The second kappa shape index (κ2) is 7.77. The van der Waals surface area contributed by atoms with Crippen LogP contribution in [0, 0.1) is 5.41 Å². The van der Waals surface area contributed by atoms with Crippen molar-refractivity contribution in [1.82, 2.24) is 0 Å². The number of ether oxygens (including phenoxy) is 2. The molecule has 4 heteroatoms. The predicted octanol–water partition coefficient (Wildman–Crippen LogP) is 3.03. The predicted molar refractivity (Wildman–Crippen MR) is 74.6 cm³/mol. The van der Waals surface area contributed by atoms with Crippen LogP contribution in [0.4, 0.5) is 0 Å². The van der Waals surface area contributed by atoms with Gasteiger partial charge >= 0.3 is 11.9 Å². The molecule has 0 rings (SSSR count). The lowest BCUT2D eigenvalue weighted by Gasteiger charge is -2.28. The lowest BCUT2D eigenvalue weighted by atomic mass is 9.87. The Labute approximate surface area is 115 Å². The molecular formula is C15H24O4. The third-order valence-electron chi connectivity index (χ3n) is 2.65. The summed E-state index contributed by atoms with van der Waals surface area (Å²) in [6.45, 7) is 14.6. The van der Waals surface area contributed by atoms with Crippen molar-refractivity contribution >= 4 is 11.9 Å². The molecule has 0 bridgehead atoms. The van der Waals surface area contributed by atoms with E-state index in [9.17, 15) is 9.59 Å². The second-order valence-electron chi connectivity index (χ2n) is 5.27. The van der Waals surface area contributed by atoms with Crippen LogP contribution in [0.1, 0.15) is 40.5 Å². The van der Waals surface area contributed by atoms with Crippen molar-refractivity contribution in [3.05, 3.63) is 24.3 Å². The largest absolute Gasteiger partial charge is 0.462 e. The van der Waals surface area contributed by atoms with Gasteiger partial charge in [-0.3, -0.25) is 0 Å². The van der Waals surface area contributed by atoms with Crippen LogP contribution in [-0.2, 0) is 19.1 Å². The van der Waals surface area contributed by atoms with Crippen molar-refractivity contribution in [3.8, 4) is 0 Å². The van der Waals surface area contributed by atoms with Crippen LogP contribution in [0.3, 0.4) is 0 Å². The van der Waals surface area contributed by atoms with Gasteiger partial charge in [0, 0.05) is 16.6 Å². The van der Waals surface area contributed by atoms with Crippen molar-refractivity contribution in [1.29, 1.82) is 0 Å². The van der Waals surface area contributed by atoms with E-state index >= 15 is 0 Å². The first kappa shape index (κ1) is 17.4. The van der Waals surface area contributed by atoms with Gasteiger partial charge in [0.25, 0.3) is 0 Å². The van der Waals surface area contributed by atoms with E-state index in [0.29, 0.717) is 11.1 Å². The third kappa shape index (κ3) is 6.79. The molecule has 0 N–H and O–H groups in total. The van der Waals surface area contributed by atoms with E-state index in [0.717, 1.165) is 12.8 Å². The minimum Gasteiger partial charge on any atom is -0.462 e. The smallest absolute Gasteiger partial charge is 0.333 e. The van der Waals surface area contributed by atoms with E-state index in [1.807, 2.05) is 13.8 Å². The van der Waals surface area contributed by atoms with Crippen LogP contribution < -0.4 is 0 Å². The minimum atomic E-state index is -0.423. The summed E-state index contributed by atoms with van der Waals surface area (Å²) in [5, 5.41) is 0. The Kier molecular flexibility index (Phi) is 7.12.